The minimum atomic E-state index is -1.01. The molecule has 1 aliphatic rings. The highest BCUT2D eigenvalue weighted by molar-refractivity contribution is 6.04. The number of hydrogen-bond donors (Lipinski definition) is 1. The molecule has 2 rings (SSSR count). The van der Waals surface area contributed by atoms with Gasteiger partial charge in [0.1, 0.15) is 5.75 Å². The van der Waals surface area contributed by atoms with E-state index in [0.717, 1.165) is 0 Å². The van der Waals surface area contributed by atoms with Crippen LogP contribution in [0.3, 0.4) is 0 Å². The number of ether oxygens (including phenoxy) is 1. The second-order valence-corrected chi connectivity index (χ2v) is 5.66. The van der Waals surface area contributed by atoms with Gasteiger partial charge in [-0.15, -0.1) is 0 Å². The van der Waals surface area contributed by atoms with E-state index in [1.807, 2.05) is 6.92 Å². The highest BCUT2D eigenvalue weighted by atomic mass is 16.5. The third-order valence-corrected chi connectivity index (χ3v) is 3.58. The SMILES string of the molecule is CCN1C(=O)C(C)(C)Oc2ccc(C(=O)CCC(=O)O)cc21. The quantitative estimate of drug-likeness (QED) is 0.844. The summed E-state index contributed by atoms with van der Waals surface area (Å²) in [6.45, 7) is 5.72. The molecule has 0 aliphatic carbocycles. The number of likely N-dealkylation sites (N-methyl/N-ethyl adjacent to an activating group) is 1. The van der Waals surface area contributed by atoms with E-state index in [9.17, 15) is 14.4 Å². The van der Waals surface area contributed by atoms with E-state index in [1.54, 1.807) is 36.9 Å². The second-order valence-electron chi connectivity index (χ2n) is 5.66. The molecule has 118 valence electrons. The first-order chi connectivity index (χ1) is 10.3. The number of fused-ring (bicyclic) bond motifs is 1. The van der Waals surface area contributed by atoms with Gasteiger partial charge in [0.2, 0.25) is 0 Å². The van der Waals surface area contributed by atoms with Crippen molar-refractivity contribution in [3.8, 4) is 5.75 Å². The maximum Gasteiger partial charge on any atom is 0.303 e. The van der Waals surface area contributed by atoms with Gasteiger partial charge in [-0.2, -0.15) is 0 Å². The van der Waals surface area contributed by atoms with Crippen molar-refractivity contribution in [1.29, 1.82) is 0 Å². The number of carboxylic acids is 1. The van der Waals surface area contributed by atoms with Crippen LogP contribution in [0.15, 0.2) is 18.2 Å². The van der Waals surface area contributed by atoms with Crippen LogP contribution < -0.4 is 9.64 Å². The van der Waals surface area contributed by atoms with Crippen molar-refractivity contribution in [1.82, 2.24) is 0 Å². The summed E-state index contributed by atoms with van der Waals surface area (Å²) in [7, 11) is 0. The summed E-state index contributed by atoms with van der Waals surface area (Å²) >= 11 is 0. The molecule has 1 amide bonds. The Hall–Kier alpha value is -2.37. The van der Waals surface area contributed by atoms with Crippen LogP contribution in [-0.2, 0) is 9.59 Å². The molecule has 6 nitrogen and oxygen atoms in total. The van der Waals surface area contributed by atoms with Gasteiger partial charge in [-0.05, 0) is 39.0 Å². The lowest BCUT2D eigenvalue weighted by molar-refractivity contribution is -0.137. The summed E-state index contributed by atoms with van der Waals surface area (Å²) in [5, 5.41) is 8.65. The van der Waals surface area contributed by atoms with E-state index in [1.165, 1.54) is 0 Å². The van der Waals surface area contributed by atoms with Crippen LogP contribution in [-0.4, -0.2) is 34.9 Å². The van der Waals surface area contributed by atoms with Crippen molar-refractivity contribution in [2.75, 3.05) is 11.4 Å². The zero-order chi connectivity index (χ0) is 16.5. The summed E-state index contributed by atoms with van der Waals surface area (Å²) in [6, 6.07) is 4.85. The molecule has 6 heteroatoms. The number of rotatable bonds is 5. The number of benzene rings is 1. The predicted molar refractivity (Wildman–Crippen MR) is 80.4 cm³/mol. The van der Waals surface area contributed by atoms with Crippen molar-refractivity contribution < 1.29 is 24.2 Å². The number of amides is 1. The molecule has 0 bridgehead atoms. The monoisotopic (exact) mass is 305 g/mol. The fourth-order valence-corrected chi connectivity index (χ4v) is 2.42. The topological polar surface area (TPSA) is 83.9 Å². The number of anilines is 1. The fraction of sp³-hybridized carbons (Fsp3) is 0.438. The lowest BCUT2D eigenvalue weighted by atomic mass is 10.0. The van der Waals surface area contributed by atoms with Crippen LogP contribution in [0.5, 0.6) is 5.75 Å². The van der Waals surface area contributed by atoms with E-state index in [4.69, 9.17) is 9.84 Å². The Balaban J connectivity index is 2.34. The van der Waals surface area contributed by atoms with E-state index >= 15 is 0 Å². The van der Waals surface area contributed by atoms with E-state index in [0.29, 0.717) is 23.5 Å². The number of carboxylic acid groups (broad SMARTS) is 1. The van der Waals surface area contributed by atoms with Crippen molar-refractivity contribution in [3.05, 3.63) is 23.8 Å². The number of carbonyl (C=O) groups is 3. The lowest BCUT2D eigenvalue weighted by Gasteiger charge is -2.38. The number of carbonyl (C=O) groups excluding carboxylic acids is 2. The molecular weight excluding hydrogens is 286 g/mol. The molecule has 0 radical (unpaired) electrons. The Labute approximate surface area is 128 Å². The van der Waals surface area contributed by atoms with E-state index < -0.39 is 11.6 Å². The van der Waals surface area contributed by atoms with E-state index in [2.05, 4.69) is 0 Å². The van der Waals surface area contributed by atoms with Gasteiger partial charge in [0.05, 0.1) is 12.1 Å². The van der Waals surface area contributed by atoms with Crippen molar-refractivity contribution >= 4 is 23.3 Å². The zero-order valence-electron chi connectivity index (χ0n) is 12.9. The zero-order valence-corrected chi connectivity index (χ0v) is 12.9. The van der Waals surface area contributed by atoms with Crippen LogP contribution >= 0.6 is 0 Å². The molecular formula is C16H19NO5. The third-order valence-electron chi connectivity index (χ3n) is 3.58. The number of nitrogens with zero attached hydrogens (tertiary/aromatic N) is 1. The summed E-state index contributed by atoms with van der Waals surface area (Å²) in [5.41, 5.74) is -0.0137. The minimum absolute atomic E-state index is 0.0689. The maximum atomic E-state index is 12.4. The van der Waals surface area contributed by atoms with Crippen molar-refractivity contribution in [2.24, 2.45) is 0 Å². The molecule has 22 heavy (non-hydrogen) atoms. The molecule has 0 spiro atoms. The largest absolute Gasteiger partial charge is 0.481 e. The van der Waals surface area contributed by atoms with Crippen molar-refractivity contribution in [3.63, 3.8) is 0 Å². The Morgan fingerprint density at radius 2 is 1.95 bits per heavy atom. The van der Waals surface area contributed by atoms with Crippen LogP contribution in [0.25, 0.3) is 0 Å². The number of ketones is 1. The van der Waals surface area contributed by atoms with Crippen LogP contribution in [0.4, 0.5) is 5.69 Å². The molecule has 0 atom stereocenters. The molecule has 0 fully saturated rings. The molecule has 1 N–H and O–H groups in total. The first kappa shape index (κ1) is 16.0. The average Bonchev–Trinajstić information content (AvgIpc) is 2.45. The smallest absolute Gasteiger partial charge is 0.303 e. The summed E-state index contributed by atoms with van der Waals surface area (Å²) in [5.74, 6) is -0.904. The third kappa shape index (κ3) is 2.95. The summed E-state index contributed by atoms with van der Waals surface area (Å²) in [4.78, 5) is 36.5. The lowest BCUT2D eigenvalue weighted by Crippen LogP contribution is -2.52. The van der Waals surface area contributed by atoms with Gasteiger partial charge in [0.25, 0.3) is 5.91 Å². The molecule has 0 saturated carbocycles. The standard InChI is InChI=1S/C16H19NO5/c1-4-17-11-9-10(12(18)6-8-14(19)20)5-7-13(11)22-16(2,3)15(17)21/h5,7,9H,4,6,8H2,1-3H3,(H,19,20). The molecule has 1 heterocycles. The molecule has 1 aliphatic heterocycles. The highest BCUT2D eigenvalue weighted by Crippen LogP contribution is 2.38. The Bertz CT molecular complexity index is 635. The van der Waals surface area contributed by atoms with Gasteiger partial charge in [-0.3, -0.25) is 14.4 Å². The summed E-state index contributed by atoms with van der Waals surface area (Å²) in [6.07, 6.45) is -0.281. The van der Waals surface area contributed by atoms with Gasteiger partial charge in [-0.25, -0.2) is 0 Å². The molecule has 1 aromatic carbocycles. The van der Waals surface area contributed by atoms with E-state index in [-0.39, 0.29) is 24.5 Å². The second kappa shape index (κ2) is 5.79. The molecule has 0 aromatic heterocycles. The fourth-order valence-electron chi connectivity index (χ4n) is 2.42. The van der Waals surface area contributed by atoms with Gasteiger partial charge in [0.15, 0.2) is 11.4 Å². The predicted octanol–water partition coefficient (Wildman–Crippen LogP) is 2.26. The van der Waals surface area contributed by atoms with Gasteiger partial charge in [-0.1, -0.05) is 0 Å². The van der Waals surface area contributed by atoms with Crippen LogP contribution in [0.1, 0.15) is 44.0 Å². The van der Waals surface area contributed by atoms with Crippen LogP contribution in [0, 0.1) is 0 Å². The van der Waals surface area contributed by atoms with Crippen molar-refractivity contribution in [2.45, 2.75) is 39.2 Å². The number of Topliss-reactive ketones (excluding diaryl/α,β-unsaturated/α-hetero) is 1. The Morgan fingerprint density at radius 3 is 2.55 bits per heavy atom. The number of aliphatic carboxylic acids is 1. The first-order valence-corrected chi connectivity index (χ1v) is 7.16. The Kier molecular flexibility index (Phi) is 4.21. The van der Waals surface area contributed by atoms with Crippen LogP contribution in [0.2, 0.25) is 0 Å². The molecule has 0 unspecified atom stereocenters. The molecule has 1 aromatic rings. The number of hydrogen-bond acceptors (Lipinski definition) is 4. The van der Waals surface area contributed by atoms with Gasteiger partial charge < -0.3 is 14.7 Å². The highest BCUT2D eigenvalue weighted by Gasteiger charge is 2.40. The molecule has 0 saturated heterocycles. The first-order valence-electron chi connectivity index (χ1n) is 7.16. The minimum Gasteiger partial charge on any atom is -0.481 e. The summed E-state index contributed by atoms with van der Waals surface area (Å²) < 4.78 is 5.70. The maximum absolute atomic E-state index is 12.4. The normalized spacial score (nSPS) is 16.0. The van der Waals surface area contributed by atoms with Gasteiger partial charge >= 0.3 is 5.97 Å². The Morgan fingerprint density at radius 1 is 1.27 bits per heavy atom. The van der Waals surface area contributed by atoms with Gasteiger partial charge in [0, 0.05) is 18.5 Å². The average molecular weight is 305 g/mol.